The van der Waals surface area contributed by atoms with Crippen molar-refractivity contribution in [3.63, 3.8) is 0 Å². The molecule has 0 radical (unpaired) electrons. The highest BCUT2D eigenvalue weighted by atomic mass is 35.5. The fraction of sp³-hybridized carbons (Fsp3) is 0.500. The molecule has 0 bridgehead atoms. The second-order valence-corrected chi connectivity index (χ2v) is 6.16. The Labute approximate surface area is 140 Å². The zero-order valence-electron chi connectivity index (χ0n) is 13.2. The molecule has 2 aromatic heterocycles. The molecule has 0 N–H and O–H groups in total. The number of alkyl halides is 1. The van der Waals surface area contributed by atoms with Gasteiger partial charge in [0.05, 0.1) is 11.9 Å². The average Bonchev–Trinajstić information content (AvgIpc) is 3.01. The number of amides is 1. The maximum Gasteiger partial charge on any atom is 0.223 e. The molecule has 0 aliphatic carbocycles. The summed E-state index contributed by atoms with van der Waals surface area (Å²) < 4.78 is 1.93. The molecule has 0 spiro atoms. The van der Waals surface area contributed by atoms with E-state index in [4.69, 9.17) is 16.6 Å². The van der Waals surface area contributed by atoms with Gasteiger partial charge in [-0.2, -0.15) is 0 Å². The lowest BCUT2D eigenvalue weighted by molar-refractivity contribution is -0.131. The Morgan fingerprint density at radius 1 is 1.35 bits per heavy atom. The lowest BCUT2D eigenvalue weighted by atomic mass is 9.93. The third-order valence-corrected chi connectivity index (χ3v) is 4.47. The van der Waals surface area contributed by atoms with E-state index in [-0.39, 0.29) is 5.91 Å². The molecular weight excluding hydrogens is 314 g/mol. The number of imidazole rings is 1. The molecule has 0 aromatic carbocycles. The van der Waals surface area contributed by atoms with Crippen LogP contribution in [0, 0.1) is 0 Å². The molecule has 1 fully saturated rings. The van der Waals surface area contributed by atoms with Gasteiger partial charge in [-0.1, -0.05) is 0 Å². The second-order valence-electron chi connectivity index (χ2n) is 5.78. The maximum atomic E-state index is 11.9. The first kappa shape index (κ1) is 15.9. The quantitative estimate of drug-likeness (QED) is 0.805. The van der Waals surface area contributed by atoms with Gasteiger partial charge in [0.25, 0.3) is 0 Å². The molecule has 1 aliphatic rings. The minimum atomic E-state index is 0.145. The Balaban J connectivity index is 1.70. The van der Waals surface area contributed by atoms with E-state index in [0.29, 0.717) is 18.2 Å². The van der Waals surface area contributed by atoms with Crippen molar-refractivity contribution in [2.45, 2.75) is 25.2 Å². The van der Waals surface area contributed by atoms with Gasteiger partial charge >= 0.3 is 0 Å². The summed E-state index contributed by atoms with van der Waals surface area (Å²) in [6.45, 7) is 1.52. The van der Waals surface area contributed by atoms with Crippen molar-refractivity contribution in [3.05, 3.63) is 30.5 Å². The smallest absolute Gasteiger partial charge is 0.223 e. The highest BCUT2D eigenvalue weighted by Crippen LogP contribution is 2.27. The third kappa shape index (κ3) is 3.52. The van der Waals surface area contributed by atoms with E-state index in [1.54, 1.807) is 12.4 Å². The highest BCUT2D eigenvalue weighted by Gasteiger charge is 2.24. The molecule has 0 saturated carbocycles. The molecule has 6 nitrogen and oxygen atoms in total. The number of likely N-dealkylation sites (tertiary alicyclic amines) is 1. The van der Waals surface area contributed by atoms with Crippen molar-refractivity contribution in [1.29, 1.82) is 0 Å². The number of halogens is 1. The van der Waals surface area contributed by atoms with Crippen LogP contribution in [0.3, 0.4) is 0 Å². The summed E-state index contributed by atoms with van der Waals surface area (Å²) in [5, 5.41) is 0. The van der Waals surface area contributed by atoms with Gasteiger partial charge in [-0.05, 0) is 12.8 Å². The van der Waals surface area contributed by atoms with Gasteiger partial charge in [0.1, 0.15) is 5.69 Å². The number of aryl methyl sites for hydroxylation is 1. The van der Waals surface area contributed by atoms with Crippen LogP contribution in [0.4, 0.5) is 0 Å². The Morgan fingerprint density at radius 3 is 2.78 bits per heavy atom. The SMILES string of the molecule is Cn1ccnc1-c1cncc(C2CCN(C(=O)CCCl)CC2)n1. The van der Waals surface area contributed by atoms with Crippen molar-refractivity contribution in [2.75, 3.05) is 19.0 Å². The van der Waals surface area contributed by atoms with Crippen LogP contribution in [-0.4, -0.2) is 49.3 Å². The number of nitrogens with zero attached hydrogens (tertiary/aromatic N) is 5. The first-order valence-corrected chi connectivity index (χ1v) is 8.36. The van der Waals surface area contributed by atoms with Crippen LogP contribution < -0.4 is 0 Å². The summed E-state index contributed by atoms with van der Waals surface area (Å²) in [6, 6.07) is 0. The van der Waals surface area contributed by atoms with Crippen molar-refractivity contribution in [2.24, 2.45) is 7.05 Å². The maximum absolute atomic E-state index is 11.9. The normalized spacial score (nSPS) is 15.8. The number of hydrogen-bond donors (Lipinski definition) is 0. The topological polar surface area (TPSA) is 63.9 Å². The molecule has 1 amide bonds. The lowest BCUT2D eigenvalue weighted by Gasteiger charge is -2.31. The minimum Gasteiger partial charge on any atom is -0.343 e. The predicted molar refractivity (Wildman–Crippen MR) is 88.1 cm³/mol. The number of rotatable bonds is 4. The Morgan fingerprint density at radius 2 is 2.13 bits per heavy atom. The molecular formula is C16H20ClN5O. The molecule has 3 rings (SSSR count). The van der Waals surface area contributed by atoms with Gasteiger partial charge in [-0.25, -0.2) is 9.97 Å². The van der Waals surface area contributed by atoms with Crippen molar-refractivity contribution in [1.82, 2.24) is 24.4 Å². The molecule has 23 heavy (non-hydrogen) atoms. The van der Waals surface area contributed by atoms with Gasteiger partial charge in [-0.15, -0.1) is 11.6 Å². The molecule has 1 saturated heterocycles. The van der Waals surface area contributed by atoms with Gasteiger partial charge < -0.3 is 9.47 Å². The van der Waals surface area contributed by atoms with Crippen LogP contribution in [0.2, 0.25) is 0 Å². The van der Waals surface area contributed by atoms with Gasteiger partial charge in [0.2, 0.25) is 5.91 Å². The van der Waals surface area contributed by atoms with Crippen molar-refractivity contribution >= 4 is 17.5 Å². The fourth-order valence-electron chi connectivity index (χ4n) is 2.96. The molecule has 2 aromatic rings. The predicted octanol–water partition coefficient (Wildman–Crippen LogP) is 2.21. The fourth-order valence-corrected chi connectivity index (χ4v) is 3.12. The van der Waals surface area contributed by atoms with E-state index in [1.807, 2.05) is 28.9 Å². The van der Waals surface area contributed by atoms with Crippen LogP contribution in [0.1, 0.15) is 30.9 Å². The summed E-state index contributed by atoms with van der Waals surface area (Å²) in [4.78, 5) is 27.2. The summed E-state index contributed by atoms with van der Waals surface area (Å²) in [5.41, 5.74) is 1.77. The average molecular weight is 334 g/mol. The van der Waals surface area contributed by atoms with Crippen LogP contribution in [-0.2, 0) is 11.8 Å². The molecule has 3 heterocycles. The number of carbonyl (C=O) groups is 1. The zero-order valence-corrected chi connectivity index (χ0v) is 13.9. The molecule has 0 atom stereocenters. The van der Waals surface area contributed by atoms with Gasteiger partial charge in [-0.3, -0.25) is 9.78 Å². The van der Waals surface area contributed by atoms with Crippen molar-refractivity contribution in [3.8, 4) is 11.5 Å². The van der Waals surface area contributed by atoms with Crippen LogP contribution in [0.5, 0.6) is 0 Å². The van der Waals surface area contributed by atoms with Crippen LogP contribution in [0.15, 0.2) is 24.8 Å². The Kier molecular flexibility index (Phi) is 4.91. The molecule has 7 heteroatoms. The molecule has 122 valence electrons. The summed E-state index contributed by atoms with van der Waals surface area (Å²) in [5.74, 6) is 1.68. The van der Waals surface area contributed by atoms with E-state index in [9.17, 15) is 4.79 Å². The van der Waals surface area contributed by atoms with Gasteiger partial charge in [0.15, 0.2) is 5.82 Å². The van der Waals surface area contributed by atoms with Crippen molar-refractivity contribution < 1.29 is 4.79 Å². The summed E-state index contributed by atoms with van der Waals surface area (Å²) in [7, 11) is 1.94. The van der Waals surface area contributed by atoms with E-state index in [0.717, 1.165) is 43.1 Å². The highest BCUT2D eigenvalue weighted by molar-refractivity contribution is 6.18. The number of hydrogen-bond acceptors (Lipinski definition) is 4. The Hall–Kier alpha value is -1.95. The van der Waals surface area contributed by atoms with Crippen LogP contribution >= 0.6 is 11.6 Å². The minimum absolute atomic E-state index is 0.145. The first-order valence-electron chi connectivity index (χ1n) is 7.82. The third-order valence-electron chi connectivity index (χ3n) is 4.28. The summed E-state index contributed by atoms with van der Waals surface area (Å²) in [6.07, 6.45) is 9.45. The standard InChI is InChI=1S/C16H20ClN5O/c1-21-9-6-19-16(21)14-11-18-10-13(20-14)12-3-7-22(8-4-12)15(23)2-5-17/h6,9-12H,2-5,7-8H2,1H3. The van der Waals surface area contributed by atoms with E-state index in [1.165, 1.54) is 0 Å². The summed E-state index contributed by atoms with van der Waals surface area (Å²) >= 11 is 5.65. The largest absolute Gasteiger partial charge is 0.343 e. The van der Waals surface area contributed by atoms with Crippen LogP contribution in [0.25, 0.3) is 11.5 Å². The van der Waals surface area contributed by atoms with E-state index < -0.39 is 0 Å². The zero-order chi connectivity index (χ0) is 16.2. The number of aromatic nitrogens is 4. The Bertz CT molecular complexity index is 679. The van der Waals surface area contributed by atoms with E-state index >= 15 is 0 Å². The molecule has 0 unspecified atom stereocenters. The van der Waals surface area contributed by atoms with Gasteiger partial charge in [0, 0.05) is 56.9 Å². The first-order chi connectivity index (χ1) is 11.2. The van der Waals surface area contributed by atoms with E-state index in [2.05, 4.69) is 9.97 Å². The number of carbonyl (C=O) groups excluding carboxylic acids is 1. The lowest BCUT2D eigenvalue weighted by Crippen LogP contribution is -2.38. The second kappa shape index (κ2) is 7.08. The monoisotopic (exact) mass is 333 g/mol. The molecule has 1 aliphatic heterocycles. The number of piperidine rings is 1.